The van der Waals surface area contributed by atoms with Gasteiger partial charge in [-0.05, 0) is 12.5 Å². The fourth-order valence-electron chi connectivity index (χ4n) is 1.09. The van der Waals surface area contributed by atoms with Gasteiger partial charge in [0, 0.05) is 12.1 Å². The lowest BCUT2D eigenvalue weighted by Gasteiger charge is -2.11. The molecule has 0 spiro atoms. The van der Waals surface area contributed by atoms with Crippen molar-refractivity contribution in [3.8, 4) is 0 Å². The van der Waals surface area contributed by atoms with Crippen LogP contribution in [0.5, 0.6) is 0 Å². The topological polar surface area (TPSA) is 64.9 Å². The third kappa shape index (κ3) is 1.49. The quantitative estimate of drug-likeness (QED) is 0.701. The summed E-state index contributed by atoms with van der Waals surface area (Å²) in [5.74, 6) is 0.383. The first-order valence-corrected chi connectivity index (χ1v) is 4.16. The maximum atomic E-state index is 5.77. The van der Waals surface area contributed by atoms with Gasteiger partial charge in [0.05, 0.1) is 17.1 Å². The average molecular weight is 165 g/mol. The highest BCUT2D eigenvalue weighted by Crippen LogP contribution is 2.25. The number of nitrogens with two attached hydrogens (primary N) is 2. The van der Waals surface area contributed by atoms with Crippen LogP contribution in [0.25, 0.3) is 0 Å². The van der Waals surface area contributed by atoms with E-state index in [2.05, 4.69) is 18.8 Å². The Labute approximate surface area is 72.8 Å². The number of nitrogens with zero attached hydrogens (tertiary/aromatic N) is 1. The van der Waals surface area contributed by atoms with Gasteiger partial charge < -0.3 is 11.5 Å². The van der Waals surface area contributed by atoms with E-state index in [1.165, 1.54) is 0 Å². The molecule has 0 aromatic carbocycles. The Morgan fingerprint density at radius 3 is 2.75 bits per heavy atom. The second kappa shape index (κ2) is 3.43. The Balaban J connectivity index is 3.07. The maximum absolute atomic E-state index is 5.77. The molecule has 66 valence electrons. The molecular weight excluding hydrogens is 150 g/mol. The zero-order valence-electron chi connectivity index (χ0n) is 7.54. The Kier molecular flexibility index (Phi) is 2.53. The lowest BCUT2D eigenvalue weighted by atomic mass is 10.0. The van der Waals surface area contributed by atoms with E-state index in [-0.39, 0.29) is 0 Å². The zero-order valence-corrected chi connectivity index (χ0v) is 7.54. The van der Waals surface area contributed by atoms with Crippen molar-refractivity contribution >= 4 is 11.4 Å². The fraction of sp³-hybridized carbons (Fsp3) is 0.444. The highest BCUT2D eigenvalue weighted by molar-refractivity contribution is 5.65. The summed E-state index contributed by atoms with van der Waals surface area (Å²) in [6.07, 6.45) is 2.73. The molecule has 1 rings (SSSR count). The predicted molar refractivity (Wildman–Crippen MR) is 51.8 cm³/mol. The third-order valence-electron chi connectivity index (χ3n) is 2.13. The van der Waals surface area contributed by atoms with Crippen molar-refractivity contribution in [2.45, 2.75) is 26.2 Å². The van der Waals surface area contributed by atoms with Gasteiger partial charge in [0.15, 0.2) is 0 Å². The molecule has 0 bridgehead atoms. The molecule has 1 aromatic heterocycles. The molecule has 0 radical (unpaired) electrons. The van der Waals surface area contributed by atoms with Gasteiger partial charge in [-0.15, -0.1) is 0 Å². The summed E-state index contributed by atoms with van der Waals surface area (Å²) >= 11 is 0. The van der Waals surface area contributed by atoms with E-state index in [9.17, 15) is 0 Å². The molecule has 1 aromatic rings. The Morgan fingerprint density at radius 2 is 2.17 bits per heavy atom. The van der Waals surface area contributed by atoms with Crippen LogP contribution in [0.3, 0.4) is 0 Å². The first kappa shape index (κ1) is 8.84. The molecular formula is C9H15N3. The molecule has 0 aliphatic carbocycles. The first-order valence-electron chi connectivity index (χ1n) is 4.16. The van der Waals surface area contributed by atoms with Gasteiger partial charge in [0.1, 0.15) is 0 Å². The molecule has 1 atom stereocenters. The van der Waals surface area contributed by atoms with Gasteiger partial charge in [-0.3, -0.25) is 4.98 Å². The molecule has 0 fully saturated rings. The van der Waals surface area contributed by atoms with Gasteiger partial charge in [-0.25, -0.2) is 0 Å². The monoisotopic (exact) mass is 165 g/mol. The SMILES string of the molecule is CC[C@@H](C)c1nccc(N)c1N. The number of hydrogen-bond donors (Lipinski definition) is 2. The van der Waals surface area contributed by atoms with Crippen LogP contribution in [0, 0.1) is 0 Å². The molecule has 3 nitrogen and oxygen atoms in total. The molecule has 1 heterocycles. The van der Waals surface area contributed by atoms with Crippen molar-refractivity contribution in [2.24, 2.45) is 0 Å². The lowest BCUT2D eigenvalue weighted by molar-refractivity contribution is 0.711. The van der Waals surface area contributed by atoms with Crippen LogP contribution < -0.4 is 11.5 Å². The fourth-order valence-corrected chi connectivity index (χ4v) is 1.09. The summed E-state index contributed by atoms with van der Waals surface area (Å²) < 4.78 is 0. The van der Waals surface area contributed by atoms with E-state index >= 15 is 0 Å². The second-order valence-corrected chi connectivity index (χ2v) is 3.01. The summed E-state index contributed by atoms with van der Waals surface area (Å²) in [6, 6.07) is 1.72. The van der Waals surface area contributed by atoms with Gasteiger partial charge in [-0.1, -0.05) is 13.8 Å². The van der Waals surface area contributed by atoms with Crippen LogP contribution in [0.2, 0.25) is 0 Å². The summed E-state index contributed by atoms with van der Waals surface area (Å²) in [5.41, 5.74) is 13.6. The van der Waals surface area contributed by atoms with Crippen molar-refractivity contribution < 1.29 is 0 Å². The van der Waals surface area contributed by atoms with E-state index in [4.69, 9.17) is 11.5 Å². The highest BCUT2D eigenvalue weighted by Gasteiger charge is 2.09. The molecule has 4 N–H and O–H groups in total. The second-order valence-electron chi connectivity index (χ2n) is 3.01. The van der Waals surface area contributed by atoms with Crippen molar-refractivity contribution in [1.29, 1.82) is 0 Å². The van der Waals surface area contributed by atoms with Crippen LogP contribution in [0.15, 0.2) is 12.3 Å². The maximum Gasteiger partial charge on any atom is 0.0769 e. The minimum atomic E-state index is 0.383. The molecule has 0 aliphatic heterocycles. The number of pyridine rings is 1. The number of anilines is 2. The minimum Gasteiger partial charge on any atom is -0.397 e. The molecule has 0 unspecified atom stereocenters. The number of rotatable bonds is 2. The van der Waals surface area contributed by atoms with Crippen molar-refractivity contribution in [3.63, 3.8) is 0 Å². The van der Waals surface area contributed by atoms with E-state index in [0.717, 1.165) is 12.1 Å². The predicted octanol–water partition coefficient (Wildman–Crippen LogP) is 1.76. The Hall–Kier alpha value is -1.25. The average Bonchev–Trinajstić information content (AvgIpc) is 2.08. The van der Waals surface area contributed by atoms with Crippen LogP contribution >= 0.6 is 0 Å². The minimum absolute atomic E-state index is 0.383. The first-order chi connectivity index (χ1) is 5.66. The van der Waals surface area contributed by atoms with Gasteiger partial charge >= 0.3 is 0 Å². The zero-order chi connectivity index (χ0) is 9.14. The van der Waals surface area contributed by atoms with Crippen molar-refractivity contribution in [3.05, 3.63) is 18.0 Å². The van der Waals surface area contributed by atoms with Crippen LogP contribution in [0.1, 0.15) is 31.9 Å². The Bertz CT molecular complexity index is 270. The smallest absolute Gasteiger partial charge is 0.0769 e. The molecule has 0 amide bonds. The van der Waals surface area contributed by atoms with E-state index in [1.807, 2.05) is 0 Å². The van der Waals surface area contributed by atoms with Crippen LogP contribution in [-0.4, -0.2) is 4.98 Å². The molecule has 12 heavy (non-hydrogen) atoms. The van der Waals surface area contributed by atoms with Crippen molar-refractivity contribution in [2.75, 3.05) is 11.5 Å². The third-order valence-corrected chi connectivity index (χ3v) is 2.13. The summed E-state index contributed by atoms with van der Waals surface area (Å²) in [6.45, 7) is 4.20. The van der Waals surface area contributed by atoms with E-state index in [0.29, 0.717) is 17.3 Å². The van der Waals surface area contributed by atoms with E-state index < -0.39 is 0 Å². The standard InChI is InChI=1S/C9H15N3/c1-3-6(2)9-8(11)7(10)4-5-12-9/h4-6H,3,11H2,1-2H3,(H2,10,12)/t6-/m1/s1. The summed E-state index contributed by atoms with van der Waals surface area (Å²) in [5, 5.41) is 0. The molecule has 3 heteroatoms. The Morgan fingerprint density at radius 1 is 1.50 bits per heavy atom. The van der Waals surface area contributed by atoms with Crippen molar-refractivity contribution in [1.82, 2.24) is 4.98 Å². The number of aromatic nitrogens is 1. The van der Waals surface area contributed by atoms with Gasteiger partial charge in [0.2, 0.25) is 0 Å². The normalized spacial score (nSPS) is 12.8. The molecule has 0 saturated heterocycles. The van der Waals surface area contributed by atoms with Gasteiger partial charge in [-0.2, -0.15) is 0 Å². The summed E-state index contributed by atoms with van der Waals surface area (Å²) in [4.78, 5) is 4.20. The van der Waals surface area contributed by atoms with Crippen LogP contribution in [0.4, 0.5) is 11.4 Å². The molecule has 0 aliphatic rings. The van der Waals surface area contributed by atoms with E-state index in [1.54, 1.807) is 12.3 Å². The number of hydrogen-bond acceptors (Lipinski definition) is 3. The summed E-state index contributed by atoms with van der Waals surface area (Å²) in [7, 11) is 0. The highest BCUT2D eigenvalue weighted by atomic mass is 14.8. The lowest BCUT2D eigenvalue weighted by Crippen LogP contribution is -2.04. The van der Waals surface area contributed by atoms with Crippen LogP contribution in [-0.2, 0) is 0 Å². The molecule has 0 saturated carbocycles. The number of nitrogen functional groups attached to an aromatic ring is 2. The van der Waals surface area contributed by atoms with Gasteiger partial charge in [0.25, 0.3) is 0 Å². The largest absolute Gasteiger partial charge is 0.397 e.